The van der Waals surface area contributed by atoms with E-state index < -0.39 is 17.1 Å². The number of esters is 1. The number of nitrogens with one attached hydrogen (secondary N) is 3. The zero-order valence-electron chi connectivity index (χ0n) is 27.2. The molecule has 0 heterocycles. The maximum absolute atomic E-state index is 13.5. The summed E-state index contributed by atoms with van der Waals surface area (Å²) in [5.41, 5.74) is 2.60. The van der Waals surface area contributed by atoms with Gasteiger partial charge in [0.25, 0.3) is 11.8 Å². The molecule has 0 aliphatic carbocycles. The van der Waals surface area contributed by atoms with E-state index in [1.165, 1.54) is 11.8 Å². The molecule has 1 unspecified atom stereocenters. The van der Waals surface area contributed by atoms with Gasteiger partial charge in [0.1, 0.15) is 11.4 Å². The summed E-state index contributed by atoms with van der Waals surface area (Å²) in [6, 6.07) is 29.6. The fourth-order valence-corrected chi connectivity index (χ4v) is 5.25. The van der Waals surface area contributed by atoms with Crippen LogP contribution in [0.25, 0.3) is 6.08 Å². The van der Waals surface area contributed by atoms with E-state index >= 15 is 0 Å². The second-order valence-electron chi connectivity index (χ2n) is 10.6. The molecule has 248 valence electrons. The van der Waals surface area contributed by atoms with Gasteiger partial charge in [-0.15, -0.1) is 11.8 Å². The number of unbranched alkanes of at least 4 members (excludes halogenated alkanes) is 1. The third-order valence-corrected chi connectivity index (χ3v) is 8.07. The number of anilines is 2. The molecule has 4 rings (SSSR count). The van der Waals surface area contributed by atoms with E-state index in [1.54, 1.807) is 97.9 Å². The van der Waals surface area contributed by atoms with Gasteiger partial charge in [-0.2, -0.15) is 0 Å². The second-order valence-corrected chi connectivity index (χ2v) is 12.1. The summed E-state index contributed by atoms with van der Waals surface area (Å²) < 4.78 is 10.9. The van der Waals surface area contributed by atoms with Crippen molar-refractivity contribution in [2.24, 2.45) is 0 Å². The van der Waals surface area contributed by atoms with Gasteiger partial charge in [-0.05, 0) is 93.1 Å². The average Bonchev–Trinajstić information content (AvgIpc) is 3.10. The monoisotopic (exact) mass is 665 g/mol. The minimum atomic E-state index is -0.515. The van der Waals surface area contributed by atoms with Gasteiger partial charge in [0, 0.05) is 27.4 Å². The topological polar surface area (TPSA) is 123 Å². The first-order valence-corrected chi connectivity index (χ1v) is 16.6. The zero-order chi connectivity index (χ0) is 34.3. The van der Waals surface area contributed by atoms with Crippen LogP contribution in [0.5, 0.6) is 5.75 Å². The largest absolute Gasteiger partial charge is 0.493 e. The number of hydrogen-bond donors (Lipinski definition) is 3. The predicted molar refractivity (Wildman–Crippen MR) is 190 cm³/mol. The van der Waals surface area contributed by atoms with Gasteiger partial charge < -0.3 is 25.4 Å². The second kappa shape index (κ2) is 18.1. The number of rotatable bonds is 15. The van der Waals surface area contributed by atoms with Crippen LogP contribution in [0, 0.1) is 0 Å². The highest BCUT2D eigenvalue weighted by Gasteiger charge is 2.18. The van der Waals surface area contributed by atoms with Crippen LogP contribution in [0.3, 0.4) is 0 Å². The van der Waals surface area contributed by atoms with Crippen LogP contribution < -0.4 is 20.7 Å². The Kier molecular flexibility index (Phi) is 13.4. The molecule has 0 aliphatic rings. The number of ether oxygens (including phenoxy) is 2. The number of benzene rings is 4. The molecule has 0 aromatic heterocycles. The first kappa shape index (κ1) is 35.5. The Morgan fingerprint density at radius 1 is 0.771 bits per heavy atom. The molecule has 4 aromatic rings. The van der Waals surface area contributed by atoms with Gasteiger partial charge in [-0.25, -0.2) is 4.79 Å². The molecule has 10 heteroatoms. The highest BCUT2D eigenvalue weighted by Crippen LogP contribution is 2.26. The van der Waals surface area contributed by atoms with Gasteiger partial charge in [0.2, 0.25) is 5.91 Å². The number of amides is 3. The molecule has 0 aliphatic heterocycles. The highest BCUT2D eigenvalue weighted by atomic mass is 32.2. The highest BCUT2D eigenvalue weighted by molar-refractivity contribution is 8.00. The first-order valence-electron chi connectivity index (χ1n) is 15.7. The van der Waals surface area contributed by atoms with Gasteiger partial charge in [0.15, 0.2) is 0 Å². The summed E-state index contributed by atoms with van der Waals surface area (Å²) in [6.07, 6.45) is 3.33. The average molecular weight is 666 g/mol. The van der Waals surface area contributed by atoms with Crippen LogP contribution >= 0.6 is 11.8 Å². The first-order chi connectivity index (χ1) is 23.3. The van der Waals surface area contributed by atoms with Crippen molar-refractivity contribution in [2.75, 3.05) is 23.8 Å². The molecule has 48 heavy (non-hydrogen) atoms. The summed E-state index contributed by atoms with van der Waals surface area (Å²) in [4.78, 5) is 52.3. The fraction of sp³-hybridized carbons (Fsp3) is 0.211. The molecular weight excluding hydrogens is 627 g/mol. The van der Waals surface area contributed by atoms with Gasteiger partial charge in [-0.1, -0.05) is 49.7 Å². The van der Waals surface area contributed by atoms with Crippen LogP contribution in [0.2, 0.25) is 0 Å². The lowest BCUT2D eigenvalue weighted by molar-refractivity contribution is -0.115. The number of carbonyl (C=O) groups excluding carboxylic acids is 4. The van der Waals surface area contributed by atoms with E-state index in [-0.39, 0.29) is 17.6 Å². The standard InChI is InChI=1S/C38H39N3O6S/c1-4-6-24-47-38(45)28-16-18-30(19-17-28)39-35(42)26(3)48-32-22-20-31(21-23-32)40-37(44)33(41-36(43)27-12-8-7-9-13-27)25-29-14-10-11-15-34(29)46-5-2/h7-23,25-26H,4-6,24H2,1-3H3,(H,39,42)(H,40,44)(H,41,43)/b33-25-. The Balaban J connectivity index is 1.39. The molecule has 0 spiro atoms. The third-order valence-electron chi connectivity index (χ3n) is 6.96. The SMILES string of the molecule is CCCCOC(=O)c1ccc(NC(=O)C(C)Sc2ccc(NC(=O)/C(=C/c3ccccc3OCC)NC(=O)c3ccccc3)cc2)cc1. The predicted octanol–water partition coefficient (Wildman–Crippen LogP) is 7.57. The quantitative estimate of drug-likeness (QED) is 0.0518. The summed E-state index contributed by atoms with van der Waals surface area (Å²) in [5.74, 6) is -0.948. The lowest BCUT2D eigenvalue weighted by Gasteiger charge is -2.14. The van der Waals surface area contributed by atoms with Crippen molar-refractivity contribution in [3.05, 3.63) is 126 Å². The van der Waals surface area contributed by atoms with E-state index in [9.17, 15) is 19.2 Å². The number of thioether (sulfide) groups is 1. The van der Waals surface area contributed by atoms with Crippen LogP contribution in [0.4, 0.5) is 11.4 Å². The molecular formula is C38H39N3O6S. The van der Waals surface area contributed by atoms with Crippen LogP contribution in [-0.4, -0.2) is 42.2 Å². The summed E-state index contributed by atoms with van der Waals surface area (Å²) in [5, 5.41) is 8.03. The van der Waals surface area contributed by atoms with Crippen molar-refractivity contribution >= 4 is 52.9 Å². The lowest BCUT2D eigenvalue weighted by atomic mass is 10.1. The van der Waals surface area contributed by atoms with E-state index in [0.717, 1.165) is 17.7 Å². The fourth-order valence-electron chi connectivity index (χ4n) is 4.38. The Bertz CT molecular complexity index is 1720. The molecule has 0 fully saturated rings. The minimum Gasteiger partial charge on any atom is -0.493 e. The van der Waals surface area contributed by atoms with Crippen molar-refractivity contribution in [2.45, 2.75) is 43.8 Å². The van der Waals surface area contributed by atoms with Crippen molar-refractivity contribution in [3.8, 4) is 5.75 Å². The molecule has 0 saturated heterocycles. The van der Waals surface area contributed by atoms with Crippen molar-refractivity contribution in [3.63, 3.8) is 0 Å². The molecule has 3 N–H and O–H groups in total. The van der Waals surface area contributed by atoms with E-state index in [4.69, 9.17) is 9.47 Å². The smallest absolute Gasteiger partial charge is 0.338 e. The van der Waals surface area contributed by atoms with Gasteiger partial charge in [-0.3, -0.25) is 14.4 Å². The molecule has 9 nitrogen and oxygen atoms in total. The molecule has 1 atom stereocenters. The lowest BCUT2D eigenvalue weighted by Crippen LogP contribution is -2.30. The Morgan fingerprint density at radius 2 is 1.42 bits per heavy atom. The Hall–Kier alpha value is -5.35. The molecule has 3 amide bonds. The van der Waals surface area contributed by atoms with E-state index in [1.807, 2.05) is 32.0 Å². The van der Waals surface area contributed by atoms with Crippen LogP contribution in [-0.2, 0) is 14.3 Å². The van der Waals surface area contributed by atoms with Crippen molar-refractivity contribution in [1.82, 2.24) is 5.32 Å². The maximum Gasteiger partial charge on any atom is 0.338 e. The molecule has 0 saturated carbocycles. The normalized spacial score (nSPS) is 11.6. The summed E-state index contributed by atoms with van der Waals surface area (Å²) >= 11 is 1.36. The number of hydrogen-bond acceptors (Lipinski definition) is 7. The summed E-state index contributed by atoms with van der Waals surface area (Å²) in [6.45, 7) is 6.51. The van der Waals surface area contributed by atoms with Crippen LogP contribution in [0.1, 0.15) is 59.9 Å². The molecule has 0 radical (unpaired) electrons. The van der Waals surface area contributed by atoms with E-state index in [2.05, 4.69) is 16.0 Å². The maximum atomic E-state index is 13.5. The Labute approximate surface area is 285 Å². The summed E-state index contributed by atoms with van der Waals surface area (Å²) in [7, 11) is 0. The van der Waals surface area contributed by atoms with Gasteiger partial charge >= 0.3 is 5.97 Å². The van der Waals surface area contributed by atoms with E-state index in [0.29, 0.717) is 47.0 Å². The molecule has 4 aromatic carbocycles. The zero-order valence-corrected chi connectivity index (χ0v) is 28.0. The number of para-hydroxylation sites is 1. The minimum absolute atomic E-state index is 0.0427. The Morgan fingerprint density at radius 3 is 2.10 bits per heavy atom. The van der Waals surface area contributed by atoms with Crippen molar-refractivity contribution in [1.29, 1.82) is 0 Å². The van der Waals surface area contributed by atoms with Gasteiger partial charge in [0.05, 0.1) is 24.0 Å². The number of carbonyl (C=O) groups is 4. The third kappa shape index (κ3) is 10.6. The molecule has 0 bridgehead atoms. The van der Waals surface area contributed by atoms with Crippen molar-refractivity contribution < 1.29 is 28.7 Å². The van der Waals surface area contributed by atoms with Crippen LogP contribution in [0.15, 0.2) is 114 Å².